The van der Waals surface area contributed by atoms with Gasteiger partial charge in [-0.1, -0.05) is 12.8 Å². The lowest BCUT2D eigenvalue weighted by Gasteiger charge is -2.42. The van der Waals surface area contributed by atoms with Crippen LogP contribution >= 0.6 is 0 Å². The van der Waals surface area contributed by atoms with Gasteiger partial charge in [-0.15, -0.1) is 0 Å². The SMILES string of the molecule is O=[N+]([O-])c1cnccc1C1CC(O)C2CCCCC2O1. The summed E-state index contributed by atoms with van der Waals surface area (Å²) in [6.45, 7) is 0. The molecule has 1 aromatic rings. The first-order valence-electron chi connectivity index (χ1n) is 7.08. The molecule has 0 radical (unpaired) electrons. The van der Waals surface area contributed by atoms with Crippen LogP contribution in [0.2, 0.25) is 0 Å². The molecule has 2 heterocycles. The third-order valence-corrected chi connectivity index (χ3v) is 4.42. The highest BCUT2D eigenvalue weighted by Crippen LogP contribution is 2.42. The number of nitrogens with zero attached hydrogens (tertiary/aromatic N) is 2. The minimum absolute atomic E-state index is 0.0188. The fraction of sp³-hybridized carbons (Fsp3) is 0.643. The number of nitro groups is 1. The summed E-state index contributed by atoms with van der Waals surface area (Å²) < 4.78 is 6.05. The van der Waals surface area contributed by atoms with Gasteiger partial charge in [-0.2, -0.15) is 0 Å². The van der Waals surface area contributed by atoms with Gasteiger partial charge >= 0.3 is 0 Å². The van der Waals surface area contributed by atoms with E-state index in [-0.39, 0.29) is 17.7 Å². The fourth-order valence-electron chi connectivity index (χ4n) is 3.42. The molecule has 1 aliphatic carbocycles. The molecule has 3 rings (SSSR count). The Labute approximate surface area is 116 Å². The van der Waals surface area contributed by atoms with Crippen molar-refractivity contribution in [3.63, 3.8) is 0 Å². The summed E-state index contributed by atoms with van der Waals surface area (Å²) in [6, 6.07) is 1.62. The Kier molecular flexibility index (Phi) is 3.67. The van der Waals surface area contributed by atoms with Crippen molar-refractivity contribution in [3.8, 4) is 0 Å². The van der Waals surface area contributed by atoms with Gasteiger partial charge < -0.3 is 9.84 Å². The molecule has 20 heavy (non-hydrogen) atoms. The number of aliphatic hydroxyl groups is 1. The minimum Gasteiger partial charge on any atom is -0.393 e. The fourth-order valence-corrected chi connectivity index (χ4v) is 3.42. The maximum Gasteiger partial charge on any atom is 0.293 e. The van der Waals surface area contributed by atoms with E-state index in [1.165, 1.54) is 12.4 Å². The summed E-state index contributed by atoms with van der Waals surface area (Å²) in [5.41, 5.74) is 0.493. The number of rotatable bonds is 2. The van der Waals surface area contributed by atoms with E-state index in [0.717, 1.165) is 25.7 Å². The second-order valence-electron chi connectivity index (χ2n) is 5.61. The molecule has 0 aromatic carbocycles. The van der Waals surface area contributed by atoms with Gasteiger partial charge in [0.05, 0.1) is 28.8 Å². The number of aromatic nitrogens is 1. The molecule has 1 saturated heterocycles. The summed E-state index contributed by atoms with van der Waals surface area (Å²) >= 11 is 0. The van der Waals surface area contributed by atoms with Gasteiger partial charge in [0.1, 0.15) is 6.20 Å². The standard InChI is InChI=1S/C14H18N2O4/c17-12-7-14(20-13-4-2-1-3-10(12)13)9-5-6-15-8-11(9)16(18)19/h5-6,8,10,12-14,17H,1-4,7H2. The van der Waals surface area contributed by atoms with Crippen LogP contribution in [0.1, 0.15) is 43.8 Å². The Balaban J connectivity index is 1.86. The van der Waals surface area contributed by atoms with Crippen LogP contribution in [0, 0.1) is 16.0 Å². The second kappa shape index (κ2) is 5.46. The molecule has 1 aliphatic heterocycles. The zero-order chi connectivity index (χ0) is 14.1. The Morgan fingerprint density at radius 3 is 3.00 bits per heavy atom. The van der Waals surface area contributed by atoms with E-state index in [4.69, 9.17) is 4.74 Å². The summed E-state index contributed by atoms with van der Waals surface area (Å²) in [5, 5.41) is 21.4. The van der Waals surface area contributed by atoms with Crippen molar-refractivity contribution in [2.75, 3.05) is 0 Å². The highest BCUT2D eigenvalue weighted by atomic mass is 16.6. The molecule has 1 aromatic heterocycles. The third-order valence-electron chi connectivity index (χ3n) is 4.42. The lowest BCUT2D eigenvalue weighted by atomic mass is 9.78. The van der Waals surface area contributed by atoms with Crippen molar-refractivity contribution in [3.05, 3.63) is 34.1 Å². The predicted octanol–water partition coefficient (Wildman–Crippen LogP) is 2.37. The Morgan fingerprint density at radius 2 is 2.20 bits per heavy atom. The molecule has 6 nitrogen and oxygen atoms in total. The van der Waals surface area contributed by atoms with E-state index in [9.17, 15) is 15.2 Å². The van der Waals surface area contributed by atoms with Gasteiger partial charge in [0.25, 0.3) is 5.69 Å². The molecule has 2 aliphatic rings. The summed E-state index contributed by atoms with van der Waals surface area (Å²) in [7, 11) is 0. The first-order chi connectivity index (χ1) is 9.66. The highest BCUT2D eigenvalue weighted by Gasteiger charge is 2.41. The number of ether oxygens (including phenoxy) is 1. The molecule has 1 saturated carbocycles. The molecule has 6 heteroatoms. The maximum absolute atomic E-state index is 11.1. The molecule has 0 bridgehead atoms. The molecular formula is C14H18N2O4. The van der Waals surface area contributed by atoms with Crippen LogP contribution in [0.4, 0.5) is 5.69 Å². The lowest BCUT2D eigenvalue weighted by molar-refractivity contribution is -0.386. The smallest absolute Gasteiger partial charge is 0.293 e. The molecular weight excluding hydrogens is 260 g/mol. The predicted molar refractivity (Wildman–Crippen MR) is 71.1 cm³/mol. The van der Waals surface area contributed by atoms with Gasteiger partial charge in [0.15, 0.2) is 0 Å². The molecule has 2 fully saturated rings. The van der Waals surface area contributed by atoms with Crippen LogP contribution < -0.4 is 0 Å². The van der Waals surface area contributed by atoms with E-state index in [0.29, 0.717) is 12.0 Å². The number of fused-ring (bicyclic) bond motifs is 1. The quantitative estimate of drug-likeness (QED) is 0.663. The van der Waals surface area contributed by atoms with Crippen LogP contribution in [0.25, 0.3) is 0 Å². The molecule has 0 spiro atoms. The summed E-state index contributed by atoms with van der Waals surface area (Å²) in [6.07, 6.45) is 6.51. The van der Waals surface area contributed by atoms with E-state index in [1.807, 2.05) is 0 Å². The van der Waals surface area contributed by atoms with Crippen molar-refractivity contribution in [1.29, 1.82) is 0 Å². The first-order valence-corrected chi connectivity index (χ1v) is 7.08. The average molecular weight is 278 g/mol. The topological polar surface area (TPSA) is 85.5 Å². The van der Waals surface area contributed by atoms with Crippen molar-refractivity contribution < 1.29 is 14.8 Å². The van der Waals surface area contributed by atoms with Gasteiger partial charge in [0, 0.05) is 18.5 Å². The van der Waals surface area contributed by atoms with E-state index in [2.05, 4.69) is 4.98 Å². The van der Waals surface area contributed by atoms with Crippen molar-refractivity contribution in [1.82, 2.24) is 4.98 Å². The number of hydrogen-bond acceptors (Lipinski definition) is 5. The van der Waals surface area contributed by atoms with Gasteiger partial charge in [-0.3, -0.25) is 15.1 Å². The van der Waals surface area contributed by atoms with Gasteiger partial charge in [-0.05, 0) is 18.9 Å². The third kappa shape index (κ3) is 2.41. The maximum atomic E-state index is 11.1. The molecule has 108 valence electrons. The zero-order valence-electron chi connectivity index (χ0n) is 11.1. The van der Waals surface area contributed by atoms with Crippen LogP contribution in [-0.2, 0) is 4.74 Å². The summed E-state index contributed by atoms with van der Waals surface area (Å²) in [4.78, 5) is 14.4. The summed E-state index contributed by atoms with van der Waals surface area (Å²) in [5.74, 6) is 0.181. The monoisotopic (exact) mass is 278 g/mol. The van der Waals surface area contributed by atoms with Crippen molar-refractivity contribution >= 4 is 5.69 Å². The lowest BCUT2D eigenvalue weighted by Crippen LogP contribution is -2.43. The number of hydrogen-bond donors (Lipinski definition) is 1. The van der Waals surface area contributed by atoms with Crippen LogP contribution in [0.15, 0.2) is 18.5 Å². The Hall–Kier alpha value is -1.53. The number of aliphatic hydroxyl groups excluding tert-OH is 1. The highest BCUT2D eigenvalue weighted by molar-refractivity contribution is 5.38. The largest absolute Gasteiger partial charge is 0.393 e. The van der Waals surface area contributed by atoms with E-state index < -0.39 is 17.1 Å². The molecule has 0 amide bonds. The van der Waals surface area contributed by atoms with Crippen LogP contribution in [-0.4, -0.2) is 27.2 Å². The Morgan fingerprint density at radius 1 is 1.40 bits per heavy atom. The zero-order valence-corrected chi connectivity index (χ0v) is 11.1. The second-order valence-corrected chi connectivity index (χ2v) is 5.61. The average Bonchev–Trinajstić information content (AvgIpc) is 2.47. The first kappa shape index (κ1) is 13.5. The van der Waals surface area contributed by atoms with Crippen LogP contribution in [0.3, 0.4) is 0 Å². The van der Waals surface area contributed by atoms with Gasteiger partial charge in [-0.25, -0.2) is 0 Å². The normalized spacial score (nSPS) is 33.5. The Bertz CT molecular complexity index is 508. The molecule has 4 unspecified atom stereocenters. The van der Waals surface area contributed by atoms with E-state index in [1.54, 1.807) is 6.07 Å². The van der Waals surface area contributed by atoms with Crippen LogP contribution in [0.5, 0.6) is 0 Å². The number of pyridine rings is 1. The van der Waals surface area contributed by atoms with E-state index >= 15 is 0 Å². The minimum atomic E-state index is -0.439. The molecule has 4 atom stereocenters. The van der Waals surface area contributed by atoms with Crippen molar-refractivity contribution in [2.24, 2.45) is 5.92 Å². The van der Waals surface area contributed by atoms with Crippen molar-refractivity contribution in [2.45, 2.75) is 50.4 Å². The molecule has 1 N–H and O–H groups in total. The van der Waals surface area contributed by atoms with Gasteiger partial charge in [0.2, 0.25) is 0 Å².